The summed E-state index contributed by atoms with van der Waals surface area (Å²) in [4.78, 5) is 0. The van der Waals surface area contributed by atoms with Gasteiger partial charge in [0, 0.05) is 24.5 Å². The second-order valence-electron chi connectivity index (χ2n) is 3.20. The fourth-order valence-corrected chi connectivity index (χ4v) is 1.42. The number of benzene rings is 1. The largest absolute Gasteiger partial charge is 0.349 e. The van der Waals surface area contributed by atoms with E-state index in [9.17, 15) is 0 Å². The molecule has 68 valence electrons. The Morgan fingerprint density at radius 1 is 1.14 bits per heavy atom. The summed E-state index contributed by atoms with van der Waals surface area (Å²) in [5, 5.41) is 0. The van der Waals surface area contributed by atoms with Crippen LogP contribution in [0.25, 0.3) is 0 Å². The molecule has 0 spiro atoms. The van der Waals surface area contributed by atoms with Crippen molar-refractivity contribution in [3.8, 4) is 12.3 Å². The molecule has 0 radical (unpaired) electrons. The van der Waals surface area contributed by atoms with Gasteiger partial charge in [0.25, 0.3) is 0 Å². The Bertz CT molecular complexity index is 446. The molecule has 1 aromatic carbocycles. The molecule has 1 aromatic heterocycles. The van der Waals surface area contributed by atoms with Crippen LogP contribution in [0.1, 0.15) is 11.1 Å². The highest BCUT2D eigenvalue weighted by Crippen LogP contribution is 2.05. The van der Waals surface area contributed by atoms with E-state index in [2.05, 4.69) is 22.6 Å². The normalized spacial score (nSPS) is 9.64. The third kappa shape index (κ3) is 1.86. The molecule has 0 saturated carbocycles. The number of terminal acetylenes is 1. The Hall–Kier alpha value is -1.94. The van der Waals surface area contributed by atoms with E-state index in [0.29, 0.717) is 0 Å². The zero-order valence-corrected chi connectivity index (χ0v) is 7.85. The highest BCUT2D eigenvalue weighted by Gasteiger charge is 1.94. The Kier molecular flexibility index (Phi) is 2.38. The molecule has 0 fully saturated rings. The SMILES string of the molecule is C#Cc1ccn(Cc2ccccc2)c1. The lowest BCUT2D eigenvalue weighted by Crippen LogP contribution is -1.95. The summed E-state index contributed by atoms with van der Waals surface area (Å²) < 4.78 is 2.09. The summed E-state index contributed by atoms with van der Waals surface area (Å²) in [6, 6.07) is 12.3. The van der Waals surface area contributed by atoms with Crippen LogP contribution in [-0.2, 0) is 6.54 Å². The maximum atomic E-state index is 5.29. The molecule has 0 aliphatic heterocycles. The molecule has 0 bridgehead atoms. The van der Waals surface area contributed by atoms with Crippen molar-refractivity contribution >= 4 is 0 Å². The van der Waals surface area contributed by atoms with Crippen molar-refractivity contribution in [3.63, 3.8) is 0 Å². The topological polar surface area (TPSA) is 4.93 Å². The third-order valence-corrected chi connectivity index (χ3v) is 2.13. The van der Waals surface area contributed by atoms with Crippen LogP contribution < -0.4 is 0 Å². The molecule has 1 heteroatoms. The fourth-order valence-electron chi connectivity index (χ4n) is 1.42. The molecule has 0 unspecified atom stereocenters. The quantitative estimate of drug-likeness (QED) is 0.627. The molecule has 0 saturated heterocycles. The molecular formula is C13H11N. The van der Waals surface area contributed by atoms with Crippen LogP contribution in [0.4, 0.5) is 0 Å². The summed E-state index contributed by atoms with van der Waals surface area (Å²) in [5.74, 6) is 2.61. The van der Waals surface area contributed by atoms with Crippen molar-refractivity contribution in [3.05, 3.63) is 59.9 Å². The van der Waals surface area contributed by atoms with Crippen LogP contribution in [0.15, 0.2) is 48.8 Å². The van der Waals surface area contributed by atoms with Gasteiger partial charge in [0.05, 0.1) is 0 Å². The van der Waals surface area contributed by atoms with Gasteiger partial charge >= 0.3 is 0 Å². The molecule has 0 atom stereocenters. The molecule has 0 amide bonds. The van der Waals surface area contributed by atoms with Crippen LogP contribution in [0, 0.1) is 12.3 Å². The standard InChI is InChI=1S/C13H11N/c1-2-12-8-9-14(10-12)11-13-6-4-3-5-7-13/h1,3-10H,11H2. The number of aromatic nitrogens is 1. The van der Waals surface area contributed by atoms with E-state index in [1.807, 2.05) is 36.7 Å². The first kappa shape index (κ1) is 8.65. The number of rotatable bonds is 2. The van der Waals surface area contributed by atoms with Crippen molar-refractivity contribution < 1.29 is 0 Å². The van der Waals surface area contributed by atoms with Gasteiger partial charge < -0.3 is 4.57 Å². The highest BCUT2D eigenvalue weighted by atomic mass is 14.9. The summed E-state index contributed by atoms with van der Waals surface area (Å²) in [6.07, 6.45) is 9.27. The van der Waals surface area contributed by atoms with E-state index in [1.54, 1.807) is 0 Å². The maximum Gasteiger partial charge on any atom is 0.0470 e. The van der Waals surface area contributed by atoms with Gasteiger partial charge in [0.1, 0.15) is 0 Å². The van der Waals surface area contributed by atoms with E-state index >= 15 is 0 Å². The van der Waals surface area contributed by atoms with Crippen LogP contribution in [0.2, 0.25) is 0 Å². The van der Waals surface area contributed by atoms with E-state index in [-0.39, 0.29) is 0 Å². The molecule has 0 aliphatic carbocycles. The van der Waals surface area contributed by atoms with Gasteiger partial charge in [-0.1, -0.05) is 36.3 Å². The van der Waals surface area contributed by atoms with Gasteiger partial charge in [-0.2, -0.15) is 0 Å². The number of hydrogen-bond donors (Lipinski definition) is 0. The van der Waals surface area contributed by atoms with Gasteiger partial charge in [-0.05, 0) is 11.6 Å². The van der Waals surface area contributed by atoms with Gasteiger partial charge in [0.2, 0.25) is 0 Å². The summed E-state index contributed by atoms with van der Waals surface area (Å²) in [5.41, 5.74) is 2.22. The van der Waals surface area contributed by atoms with Gasteiger partial charge in [-0.3, -0.25) is 0 Å². The Balaban J connectivity index is 2.16. The summed E-state index contributed by atoms with van der Waals surface area (Å²) in [6.45, 7) is 0.878. The molecule has 2 aromatic rings. The van der Waals surface area contributed by atoms with Gasteiger partial charge in [0.15, 0.2) is 0 Å². The van der Waals surface area contributed by atoms with Gasteiger partial charge in [-0.25, -0.2) is 0 Å². The van der Waals surface area contributed by atoms with Crippen LogP contribution in [0.5, 0.6) is 0 Å². The fraction of sp³-hybridized carbons (Fsp3) is 0.0769. The lowest BCUT2D eigenvalue weighted by atomic mass is 10.2. The highest BCUT2D eigenvalue weighted by molar-refractivity contribution is 5.29. The maximum absolute atomic E-state index is 5.29. The van der Waals surface area contributed by atoms with Crippen molar-refractivity contribution in [1.82, 2.24) is 4.57 Å². The zero-order valence-electron chi connectivity index (χ0n) is 7.85. The molecule has 0 N–H and O–H groups in total. The van der Waals surface area contributed by atoms with Crippen LogP contribution in [0.3, 0.4) is 0 Å². The monoisotopic (exact) mass is 181 g/mol. The zero-order chi connectivity index (χ0) is 9.80. The lowest BCUT2D eigenvalue weighted by molar-refractivity contribution is 0.806. The van der Waals surface area contributed by atoms with E-state index in [4.69, 9.17) is 6.42 Å². The minimum atomic E-state index is 0.878. The first-order valence-corrected chi connectivity index (χ1v) is 4.55. The minimum Gasteiger partial charge on any atom is -0.349 e. The third-order valence-electron chi connectivity index (χ3n) is 2.13. The van der Waals surface area contributed by atoms with Crippen molar-refractivity contribution in [2.75, 3.05) is 0 Å². The average Bonchev–Trinajstić information content (AvgIpc) is 2.67. The minimum absolute atomic E-state index is 0.878. The second kappa shape index (κ2) is 3.85. The summed E-state index contributed by atoms with van der Waals surface area (Å²) >= 11 is 0. The smallest absolute Gasteiger partial charge is 0.0470 e. The van der Waals surface area contributed by atoms with Gasteiger partial charge in [-0.15, -0.1) is 6.42 Å². The molecule has 2 rings (SSSR count). The van der Waals surface area contributed by atoms with E-state index < -0.39 is 0 Å². The van der Waals surface area contributed by atoms with Crippen molar-refractivity contribution in [2.24, 2.45) is 0 Å². The van der Waals surface area contributed by atoms with Crippen LogP contribution >= 0.6 is 0 Å². The second-order valence-corrected chi connectivity index (χ2v) is 3.20. The average molecular weight is 181 g/mol. The number of nitrogens with zero attached hydrogens (tertiary/aromatic N) is 1. The number of hydrogen-bond acceptors (Lipinski definition) is 0. The molecule has 1 nitrogen and oxygen atoms in total. The van der Waals surface area contributed by atoms with Crippen LogP contribution in [-0.4, -0.2) is 4.57 Å². The Labute approximate surface area is 84.0 Å². The van der Waals surface area contributed by atoms with E-state index in [0.717, 1.165) is 12.1 Å². The van der Waals surface area contributed by atoms with Crippen molar-refractivity contribution in [1.29, 1.82) is 0 Å². The molecule has 1 heterocycles. The molecule has 0 aliphatic rings. The first-order valence-electron chi connectivity index (χ1n) is 4.55. The molecule has 14 heavy (non-hydrogen) atoms. The molecular weight excluding hydrogens is 170 g/mol. The predicted octanol–water partition coefficient (Wildman–Crippen LogP) is 2.52. The Morgan fingerprint density at radius 2 is 1.93 bits per heavy atom. The predicted molar refractivity (Wildman–Crippen MR) is 57.9 cm³/mol. The lowest BCUT2D eigenvalue weighted by Gasteiger charge is -2.01. The van der Waals surface area contributed by atoms with E-state index in [1.165, 1.54) is 5.56 Å². The van der Waals surface area contributed by atoms with Crippen molar-refractivity contribution in [2.45, 2.75) is 6.54 Å². The first-order chi connectivity index (χ1) is 6.88. The Morgan fingerprint density at radius 3 is 2.57 bits per heavy atom. The summed E-state index contributed by atoms with van der Waals surface area (Å²) in [7, 11) is 0.